The van der Waals surface area contributed by atoms with E-state index in [0.717, 1.165) is 5.82 Å². The van der Waals surface area contributed by atoms with Gasteiger partial charge in [0.1, 0.15) is 11.4 Å². The Morgan fingerprint density at radius 3 is 2.65 bits per heavy atom. The monoisotopic (exact) mass is 274 g/mol. The molecule has 0 bridgehead atoms. The molecule has 6 heteroatoms. The first kappa shape index (κ1) is 12.9. The molecule has 3 rings (SSSR count). The average molecular weight is 274 g/mol. The number of nitrogens with zero attached hydrogens (tertiary/aromatic N) is 4. The molecule has 6 nitrogen and oxygen atoms in total. The Morgan fingerprint density at radius 1 is 1.40 bits per heavy atom. The molecule has 1 aliphatic heterocycles. The smallest absolute Gasteiger partial charge is 0.259 e. The van der Waals surface area contributed by atoms with Crippen molar-refractivity contribution in [3.63, 3.8) is 0 Å². The molecule has 2 aromatic heterocycles. The number of aryl methyl sites for hydroxylation is 1. The normalized spacial score (nSPS) is 17.1. The molecule has 0 aromatic carbocycles. The van der Waals surface area contributed by atoms with Crippen molar-refractivity contribution in [1.29, 1.82) is 0 Å². The van der Waals surface area contributed by atoms with Crippen LogP contribution in [0.5, 0.6) is 0 Å². The predicted octanol–water partition coefficient (Wildman–Crippen LogP) is 0.808. The zero-order valence-electron chi connectivity index (χ0n) is 11.7. The van der Waals surface area contributed by atoms with Crippen LogP contribution in [0.15, 0.2) is 30.7 Å². The van der Waals surface area contributed by atoms with E-state index in [1.165, 1.54) is 0 Å². The van der Waals surface area contributed by atoms with E-state index >= 15 is 0 Å². The highest BCUT2D eigenvalue weighted by Crippen LogP contribution is 2.27. The third kappa shape index (κ3) is 1.92. The van der Waals surface area contributed by atoms with E-state index in [4.69, 9.17) is 0 Å². The maximum atomic E-state index is 12.5. The molecule has 0 unspecified atom stereocenters. The summed E-state index contributed by atoms with van der Waals surface area (Å²) in [6, 6.07) is 3.81. The van der Waals surface area contributed by atoms with Crippen LogP contribution in [0.2, 0.25) is 0 Å². The van der Waals surface area contributed by atoms with Crippen LogP contribution in [-0.4, -0.2) is 49.0 Å². The zero-order chi connectivity index (χ0) is 14.3. The zero-order valence-corrected chi connectivity index (χ0v) is 11.7. The SMILES string of the molecule is CCC1(O)CN(C(=O)c2cnn(C)c2-n2cccc2)C1. The number of amides is 1. The number of likely N-dealkylation sites (tertiary alicyclic amines) is 1. The molecule has 20 heavy (non-hydrogen) atoms. The summed E-state index contributed by atoms with van der Waals surface area (Å²) in [5.41, 5.74) is -0.160. The summed E-state index contributed by atoms with van der Waals surface area (Å²) in [4.78, 5) is 14.2. The molecule has 2 aromatic rings. The van der Waals surface area contributed by atoms with Crippen LogP contribution in [0.3, 0.4) is 0 Å². The van der Waals surface area contributed by atoms with Gasteiger partial charge >= 0.3 is 0 Å². The fourth-order valence-corrected chi connectivity index (χ4v) is 2.57. The minimum absolute atomic E-state index is 0.0834. The third-order valence-corrected chi connectivity index (χ3v) is 3.90. The molecule has 0 spiro atoms. The van der Waals surface area contributed by atoms with Crippen LogP contribution in [0.4, 0.5) is 0 Å². The molecular formula is C14H18N4O2. The topological polar surface area (TPSA) is 63.3 Å². The van der Waals surface area contributed by atoms with Gasteiger partial charge in [0, 0.05) is 19.4 Å². The van der Waals surface area contributed by atoms with Crippen LogP contribution in [0.1, 0.15) is 23.7 Å². The van der Waals surface area contributed by atoms with E-state index in [-0.39, 0.29) is 5.91 Å². The Bertz CT molecular complexity index is 624. The van der Waals surface area contributed by atoms with Crippen molar-refractivity contribution in [1.82, 2.24) is 19.2 Å². The van der Waals surface area contributed by atoms with Crippen molar-refractivity contribution >= 4 is 5.91 Å². The van der Waals surface area contributed by atoms with Crippen molar-refractivity contribution < 1.29 is 9.90 Å². The summed E-state index contributed by atoms with van der Waals surface area (Å²) in [7, 11) is 1.81. The molecule has 1 aliphatic rings. The molecule has 1 fully saturated rings. The third-order valence-electron chi connectivity index (χ3n) is 3.90. The number of carbonyl (C=O) groups excluding carboxylic acids is 1. The first-order valence-electron chi connectivity index (χ1n) is 6.71. The van der Waals surface area contributed by atoms with Crippen molar-refractivity contribution in [2.75, 3.05) is 13.1 Å². The fraction of sp³-hybridized carbons (Fsp3) is 0.429. The molecule has 0 aliphatic carbocycles. The highest BCUT2D eigenvalue weighted by molar-refractivity contribution is 5.97. The summed E-state index contributed by atoms with van der Waals surface area (Å²) in [6.07, 6.45) is 6.01. The van der Waals surface area contributed by atoms with E-state index in [1.54, 1.807) is 15.8 Å². The number of β-amino-alcohol motifs (C(OH)–C–C–N with tert-alkyl or cyclic N) is 1. The average Bonchev–Trinajstić information content (AvgIpc) is 3.02. The number of carbonyl (C=O) groups is 1. The van der Waals surface area contributed by atoms with Gasteiger partial charge in [-0.2, -0.15) is 5.10 Å². The number of hydrogen-bond acceptors (Lipinski definition) is 3. The van der Waals surface area contributed by atoms with E-state index in [9.17, 15) is 9.90 Å². The lowest BCUT2D eigenvalue weighted by Crippen LogP contribution is -2.63. The van der Waals surface area contributed by atoms with Gasteiger partial charge in [-0.1, -0.05) is 6.92 Å². The molecule has 0 radical (unpaired) electrons. The lowest BCUT2D eigenvalue weighted by Gasteiger charge is -2.46. The molecule has 3 heterocycles. The Balaban J connectivity index is 1.87. The van der Waals surface area contributed by atoms with Crippen LogP contribution < -0.4 is 0 Å². The number of hydrogen-bond donors (Lipinski definition) is 1. The summed E-state index contributed by atoms with van der Waals surface area (Å²) in [6.45, 7) is 2.71. The largest absolute Gasteiger partial charge is 0.386 e. The summed E-state index contributed by atoms with van der Waals surface area (Å²) in [5, 5.41) is 14.2. The first-order valence-corrected chi connectivity index (χ1v) is 6.71. The van der Waals surface area contributed by atoms with Gasteiger partial charge in [-0.05, 0) is 18.6 Å². The van der Waals surface area contributed by atoms with Crippen LogP contribution in [0, 0.1) is 0 Å². The fourth-order valence-electron chi connectivity index (χ4n) is 2.57. The number of aromatic nitrogens is 3. The van der Waals surface area contributed by atoms with Gasteiger partial charge in [-0.3, -0.25) is 9.48 Å². The van der Waals surface area contributed by atoms with Crippen molar-refractivity contribution in [3.8, 4) is 5.82 Å². The summed E-state index contributed by atoms with van der Waals surface area (Å²) < 4.78 is 3.55. The molecular weight excluding hydrogens is 256 g/mol. The molecule has 1 saturated heterocycles. The molecule has 1 amide bonds. The second kappa shape index (κ2) is 4.49. The second-order valence-corrected chi connectivity index (χ2v) is 5.33. The quantitative estimate of drug-likeness (QED) is 0.901. The van der Waals surface area contributed by atoms with E-state index in [2.05, 4.69) is 5.10 Å². The molecule has 0 saturated carbocycles. The highest BCUT2D eigenvalue weighted by Gasteiger charge is 2.43. The van der Waals surface area contributed by atoms with Gasteiger partial charge < -0.3 is 14.6 Å². The maximum absolute atomic E-state index is 12.5. The van der Waals surface area contributed by atoms with Crippen LogP contribution in [0.25, 0.3) is 5.82 Å². The van der Waals surface area contributed by atoms with Crippen LogP contribution >= 0.6 is 0 Å². The second-order valence-electron chi connectivity index (χ2n) is 5.33. The van der Waals surface area contributed by atoms with Gasteiger partial charge in [-0.25, -0.2) is 0 Å². The van der Waals surface area contributed by atoms with Gasteiger partial charge in [0.2, 0.25) is 0 Å². The summed E-state index contributed by atoms with van der Waals surface area (Å²) in [5.74, 6) is 0.659. The minimum Gasteiger partial charge on any atom is -0.386 e. The molecule has 106 valence electrons. The lowest BCUT2D eigenvalue weighted by atomic mass is 9.91. The van der Waals surface area contributed by atoms with Crippen LogP contribution in [-0.2, 0) is 7.05 Å². The van der Waals surface area contributed by atoms with Gasteiger partial charge in [0.05, 0.1) is 24.9 Å². The standard InChI is InChI=1S/C14H18N4O2/c1-3-14(20)9-18(10-14)13(19)11-8-15-16(2)12(11)17-6-4-5-7-17/h4-8,20H,3,9-10H2,1-2H3. The maximum Gasteiger partial charge on any atom is 0.259 e. The van der Waals surface area contributed by atoms with E-state index in [1.807, 2.05) is 43.1 Å². The summed E-state index contributed by atoms with van der Waals surface area (Å²) >= 11 is 0. The Morgan fingerprint density at radius 2 is 2.05 bits per heavy atom. The first-order chi connectivity index (χ1) is 9.54. The van der Waals surface area contributed by atoms with Gasteiger partial charge in [0.15, 0.2) is 0 Å². The van der Waals surface area contributed by atoms with Gasteiger partial charge in [-0.15, -0.1) is 0 Å². The lowest BCUT2D eigenvalue weighted by molar-refractivity contribution is -0.0826. The Kier molecular flexibility index (Phi) is 2.90. The Hall–Kier alpha value is -2.08. The predicted molar refractivity (Wildman–Crippen MR) is 73.7 cm³/mol. The number of aliphatic hydroxyl groups is 1. The molecule has 0 atom stereocenters. The van der Waals surface area contributed by atoms with Crippen molar-refractivity contribution in [2.45, 2.75) is 18.9 Å². The van der Waals surface area contributed by atoms with E-state index in [0.29, 0.717) is 25.1 Å². The van der Waals surface area contributed by atoms with Gasteiger partial charge in [0.25, 0.3) is 5.91 Å². The van der Waals surface area contributed by atoms with Crippen molar-refractivity contribution in [3.05, 3.63) is 36.3 Å². The number of rotatable bonds is 3. The highest BCUT2D eigenvalue weighted by atomic mass is 16.3. The minimum atomic E-state index is -0.717. The Labute approximate surface area is 117 Å². The molecule has 1 N–H and O–H groups in total. The van der Waals surface area contributed by atoms with E-state index < -0.39 is 5.60 Å². The van der Waals surface area contributed by atoms with Crippen molar-refractivity contribution in [2.24, 2.45) is 7.05 Å².